The minimum Gasteiger partial charge on any atom is -0.396 e. The molecule has 4 rings (SSSR count). The summed E-state index contributed by atoms with van der Waals surface area (Å²) >= 11 is 12.1. The molecule has 0 unspecified atom stereocenters. The van der Waals surface area contributed by atoms with E-state index in [2.05, 4.69) is 20.6 Å². The van der Waals surface area contributed by atoms with Crippen molar-refractivity contribution in [2.24, 2.45) is 0 Å². The van der Waals surface area contributed by atoms with Gasteiger partial charge in [0.1, 0.15) is 0 Å². The lowest BCUT2D eigenvalue weighted by molar-refractivity contribution is 0.181. The summed E-state index contributed by atoms with van der Waals surface area (Å²) in [5, 5.41) is 26.3. The van der Waals surface area contributed by atoms with Crippen molar-refractivity contribution >= 4 is 35.2 Å². The van der Waals surface area contributed by atoms with Crippen LogP contribution in [0.1, 0.15) is 48.5 Å². The highest BCUT2D eigenvalue weighted by atomic mass is 35.5. The first kappa shape index (κ1) is 23.0. The molecule has 1 aromatic carbocycles. The molecule has 172 valence electrons. The third-order valence-corrected chi connectivity index (χ3v) is 6.77. The van der Waals surface area contributed by atoms with E-state index in [4.69, 9.17) is 23.2 Å². The highest BCUT2D eigenvalue weighted by Gasteiger charge is 2.27. The summed E-state index contributed by atoms with van der Waals surface area (Å²) in [4.78, 5) is 23.7. The number of hydrogen-bond acceptors (Lipinski definition) is 6. The highest BCUT2D eigenvalue weighted by molar-refractivity contribution is 6.42. The predicted molar refractivity (Wildman–Crippen MR) is 123 cm³/mol. The van der Waals surface area contributed by atoms with Gasteiger partial charge in [0.05, 0.1) is 34.4 Å². The van der Waals surface area contributed by atoms with E-state index in [1.54, 1.807) is 23.1 Å². The number of hydrogen-bond donors (Lipinski definition) is 4. The molecule has 10 heteroatoms. The Balaban J connectivity index is 1.42. The molecule has 0 bridgehead atoms. The molecule has 2 heterocycles. The predicted octanol–water partition coefficient (Wildman–Crippen LogP) is 3.30. The first-order valence-corrected chi connectivity index (χ1v) is 11.6. The number of benzene rings is 1. The summed E-state index contributed by atoms with van der Waals surface area (Å²) in [7, 11) is 0. The maximum Gasteiger partial charge on any atom is 0.318 e. The normalized spacial score (nSPS) is 21.2. The number of rotatable bonds is 6. The molecule has 2 aromatic rings. The number of carbonyl (C=O) groups is 1. The maximum atomic E-state index is 13.0. The van der Waals surface area contributed by atoms with E-state index in [1.165, 1.54) is 0 Å². The Labute approximate surface area is 197 Å². The Morgan fingerprint density at radius 2 is 2.12 bits per heavy atom. The second-order valence-corrected chi connectivity index (χ2v) is 9.15. The lowest BCUT2D eigenvalue weighted by Gasteiger charge is -2.30. The molecule has 3 atom stereocenters. The average Bonchev–Trinajstić information content (AvgIpc) is 3.19. The monoisotopic (exact) mass is 479 g/mol. The van der Waals surface area contributed by atoms with Gasteiger partial charge in [0.25, 0.3) is 0 Å². The summed E-state index contributed by atoms with van der Waals surface area (Å²) in [6.07, 6.45) is 4.93. The molecule has 2 amide bonds. The van der Waals surface area contributed by atoms with Gasteiger partial charge in [-0.2, -0.15) is 0 Å². The zero-order chi connectivity index (χ0) is 22.7. The number of aliphatic hydroxyl groups is 2. The van der Waals surface area contributed by atoms with Gasteiger partial charge in [0.15, 0.2) is 0 Å². The lowest BCUT2D eigenvalue weighted by atomic mass is 10.0. The van der Waals surface area contributed by atoms with Crippen LogP contribution in [-0.2, 0) is 13.0 Å². The van der Waals surface area contributed by atoms with E-state index in [0.717, 1.165) is 29.7 Å². The van der Waals surface area contributed by atoms with Crippen LogP contribution in [0.5, 0.6) is 0 Å². The van der Waals surface area contributed by atoms with Crippen LogP contribution in [0.25, 0.3) is 0 Å². The average molecular weight is 480 g/mol. The van der Waals surface area contributed by atoms with Gasteiger partial charge in [0, 0.05) is 25.4 Å². The smallest absolute Gasteiger partial charge is 0.318 e. The fourth-order valence-corrected chi connectivity index (χ4v) is 4.54. The first-order chi connectivity index (χ1) is 15.4. The quantitative estimate of drug-likeness (QED) is 0.505. The van der Waals surface area contributed by atoms with Crippen LogP contribution in [0.2, 0.25) is 10.0 Å². The molecule has 0 saturated heterocycles. The summed E-state index contributed by atoms with van der Waals surface area (Å²) in [6, 6.07) is 4.73. The number of aromatic nitrogens is 2. The fourth-order valence-electron chi connectivity index (χ4n) is 4.24. The topological polar surface area (TPSA) is 111 Å². The summed E-state index contributed by atoms with van der Waals surface area (Å²) in [5.41, 5.74) is 2.63. The van der Waals surface area contributed by atoms with Crippen LogP contribution >= 0.6 is 23.2 Å². The molecule has 2 aliphatic rings. The zero-order valence-electron chi connectivity index (χ0n) is 17.6. The number of halogens is 2. The van der Waals surface area contributed by atoms with Crippen LogP contribution in [0.3, 0.4) is 0 Å². The van der Waals surface area contributed by atoms with Crippen molar-refractivity contribution < 1.29 is 15.0 Å². The Bertz CT molecular complexity index is 977. The summed E-state index contributed by atoms with van der Waals surface area (Å²) in [6.45, 7) is 0.849. The second-order valence-electron chi connectivity index (χ2n) is 8.33. The number of anilines is 1. The van der Waals surface area contributed by atoms with Gasteiger partial charge in [0.2, 0.25) is 5.95 Å². The standard InChI is InChI=1S/C22H27Cl2N5O3/c23-17-4-1-13(9-18(17)24)19(6-8-30)28-22(32)29-7-5-14-11-25-21(27-20(14)12-29)26-15-2-3-16(31)10-15/h1,4,9,11,15-16,19,30-31H,2-3,5-8,10,12H2,(H,28,32)(H,25,26,27)/t15-,16-,19+/m0/s1. The largest absolute Gasteiger partial charge is 0.396 e. The van der Waals surface area contributed by atoms with Gasteiger partial charge < -0.3 is 25.7 Å². The van der Waals surface area contributed by atoms with E-state index in [9.17, 15) is 15.0 Å². The van der Waals surface area contributed by atoms with Gasteiger partial charge in [-0.3, -0.25) is 0 Å². The molecular formula is C22H27Cl2N5O3. The summed E-state index contributed by atoms with van der Waals surface area (Å²) < 4.78 is 0. The molecule has 1 fully saturated rings. The third-order valence-electron chi connectivity index (χ3n) is 6.03. The Morgan fingerprint density at radius 3 is 2.84 bits per heavy atom. The lowest BCUT2D eigenvalue weighted by Crippen LogP contribution is -2.44. The zero-order valence-corrected chi connectivity index (χ0v) is 19.1. The van der Waals surface area contributed by atoms with E-state index in [1.807, 2.05) is 6.20 Å². The summed E-state index contributed by atoms with van der Waals surface area (Å²) in [5.74, 6) is 0.527. The number of urea groups is 1. The van der Waals surface area contributed by atoms with Gasteiger partial charge in [-0.05, 0) is 55.4 Å². The molecule has 0 spiro atoms. The van der Waals surface area contributed by atoms with E-state index in [0.29, 0.717) is 48.3 Å². The molecule has 1 aliphatic carbocycles. The van der Waals surface area contributed by atoms with Gasteiger partial charge in [-0.25, -0.2) is 14.8 Å². The van der Waals surface area contributed by atoms with Crippen LogP contribution in [0.4, 0.5) is 10.7 Å². The number of amides is 2. The molecule has 32 heavy (non-hydrogen) atoms. The van der Waals surface area contributed by atoms with Crippen LogP contribution in [0, 0.1) is 0 Å². The molecule has 0 radical (unpaired) electrons. The van der Waals surface area contributed by atoms with Gasteiger partial charge in [-0.15, -0.1) is 0 Å². The second kappa shape index (κ2) is 10.2. The van der Waals surface area contributed by atoms with Crippen molar-refractivity contribution in [1.29, 1.82) is 0 Å². The number of carbonyl (C=O) groups excluding carboxylic acids is 1. The number of nitrogens with one attached hydrogen (secondary N) is 2. The van der Waals surface area contributed by atoms with Crippen LogP contribution < -0.4 is 10.6 Å². The molecule has 1 aliphatic heterocycles. The minimum atomic E-state index is -0.389. The number of nitrogens with zero attached hydrogens (tertiary/aromatic N) is 3. The fraction of sp³-hybridized carbons (Fsp3) is 0.500. The molecule has 8 nitrogen and oxygen atoms in total. The van der Waals surface area contributed by atoms with Crippen LogP contribution in [0.15, 0.2) is 24.4 Å². The van der Waals surface area contributed by atoms with Crippen molar-refractivity contribution in [1.82, 2.24) is 20.2 Å². The van der Waals surface area contributed by atoms with Gasteiger partial charge in [-0.1, -0.05) is 29.3 Å². The third kappa shape index (κ3) is 5.43. The molecular weight excluding hydrogens is 453 g/mol. The molecule has 1 aromatic heterocycles. The Hall–Kier alpha value is -2.13. The molecule has 1 saturated carbocycles. The molecule has 4 N–H and O–H groups in total. The van der Waals surface area contributed by atoms with Crippen molar-refractivity contribution in [3.63, 3.8) is 0 Å². The Kier molecular flexibility index (Phi) is 7.35. The minimum absolute atomic E-state index is 0.0772. The maximum absolute atomic E-state index is 13.0. The highest BCUT2D eigenvalue weighted by Crippen LogP contribution is 2.28. The van der Waals surface area contributed by atoms with E-state index in [-0.39, 0.29) is 30.8 Å². The number of aliphatic hydroxyl groups excluding tert-OH is 2. The SMILES string of the molecule is O=C(N[C@H](CCO)c1ccc(Cl)c(Cl)c1)N1CCc2cnc(N[C@H]3CC[C@H](O)C3)nc2C1. The Morgan fingerprint density at radius 1 is 1.28 bits per heavy atom. The van der Waals surface area contributed by atoms with Crippen molar-refractivity contribution in [2.45, 2.75) is 56.8 Å². The van der Waals surface area contributed by atoms with Crippen LogP contribution in [-0.4, -0.2) is 56.4 Å². The van der Waals surface area contributed by atoms with Crippen molar-refractivity contribution in [3.8, 4) is 0 Å². The van der Waals surface area contributed by atoms with Crippen molar-refractivity contribution in [3.05, 3.63) is 51.3 Å². The van der Waals surface area contributed by atoms with Gasteiger partial charge >= 0.3 is 6.03 Å². The first-order valence-electron chi connectivity index (χ1n) is 10.8. The van der Waals surface area contributed by atoms with Crippen molar-refractivity contribution in [2.75, 3.05) is 18.5 Å². The van der Waals surface area contributed by atoms with E-state index < -0.39 is 0 Å². The van der Waals surface area contributed by atoms with E-state index >= 15 is 0 Å². The number of fused-ring (bicyclic) bond motifs is 1.